The topological polar surface area (TPSA) is 64.6 Å². The third kappa shape index (κ3) is 18.3. The molecule has 0 aliphatic heterocycles. The molecule has 0 aliphatic rings. The molecule has 0 heterocycles. The average molecular weight is 456 g/mol. The van der Waals surface area contributed by atoms with Crippen molar-refractivity contribution < 1.29 is 19.1 Å². The lowest BCUT2D eigenvalue weighted by Crippen LogP contribution is -2.46. The highest BCUT2D eigenvalue weighted by Gasteiger charge is 2.27. The van der Waals surface area contributed by atoms with Crippen molar-refractivity contribution >= 4 is 12.1 Å². The molecular weight excluding hydrogens is 402 g/mol. The standard InChI is InChI=1S/C27H53NO4/c1-5-8-9-10-11-12-13-14-15-16-17-18-19-20-21-22-23-32-26(29)25(24(4)6-2)28-27(30)31-7-3/h24-25H,5-23H2,1-4H3,(H,28,30). The fourth-order valence-corrected chi connectivity index (χ4v) is 3.88. The van der Waals surface area contributed by atoms with E-state index in [4.69, 9.17) is 9.47 Å². The number of esters is 1. The van der Waals surface area contributed by atoms with Crippen LogP contribution in [0.2, 0.25) is 0 Å². The zero-order chi connectivity index (χ0) is 23.9. The van der Waals surface area contributed by atoms with Gasteiger partial charge in [-0.05, 0) is 19.3 Å². The summed E-state index contributed by atoms with van der Waals surface area (Å²) in [5.41, 5.74) is 0. The largest absolute Gasteiger partial charge is 0.464 e. The van der Waals surface area contributed by atoms with Crippen molar-refractivity contribution in [2.75, 3.05) is 13.2 Å². The van der Waals surface area contributed by atoms with E-state index in [0.717, 1.165) is 19.3 Å². The first-order chi connectivity index (χ1) is 15.6. The Balaban J connectivity index is 3.58. The summed E-state index contributed by atoms with van der Waals surface area (Å²) < 4.78 is 10.3. The summed E-state index contributed by atoms with van der Waals surface area (Å²) in [6, 6.07) is -0.639. The van der Waals surface area contributed by atoms with Crippen molar-refractivity contribution in [3.8, 4) is 0 Å². The van der Waals surface area contributed by atoms with Crippen molar-refractivity contribution in [1.82, 2.24) is 5.32 Å². The number of ether oxygens (including phenoxy) is 2. The Morgan fingerprint density at radius 2 is 1.09 bits per heavy atom. The van der Waals surface area contributed by atoms with Gasteiger partial charge in [0.25, 0.3) is 0 Å². The van der Waals surface area contributed by atoms with Crippen LogP contribution in [0.25, 0.3) is 0 Å². The number of carbonyl (C=O) groups excluding carboxylic acids is 2. The van der Waals surface area contributed by atoms with Crippen LogP contribution >= 0.6 is 0 Å². The Labute approximate surface area is 198 Å². The van der Waals surface area contributed by atoms with E-state index in [1.807, 2.05) is 13.8 Å². The minimum absolute atomic E-state index is 0.0118. The lowest BCUT2D eigenvalue weighted by atomic mass is 9.99. The number of alkyl carbamates (subject to hydrolysis) is 1. The van der Waals surface area contributed by atoms with Crippen molar-refractivity contribution in [3.63, 3.8) is 0 Å². The number of nitrogens with one attached hydrogen (secondary N) is 1. The van der Waals surface area contributed by atoms with Gasteiger partial charge in [0.05, 0.1) is 13.2 Å². The molecule has 2 atom stereocenters. The Hall–Kier alpha value is -1.26. The fraction of sp³-hybridized carbons (Fsp3) is 0.926. The molecule has 32 heavy (non-hydrogen) atoms. The Morgan fingerprint density at radius 1 is 0.656 bits per heavy atom. The predicted octanol–water partition coefficient (Wildman–Crippen LogP) is 7.95. The number of rotatable bonds is 22. The number of hydrogen-bond acceptors (Lipinski definition) is 4. The minimum atomic E-state index is -0.639. The molecule has 1 N–H and O–H groups in total. The molecule has 2 unspecified atom stereocenters. The van der Waals surface area contributed by atoms with Gasteiger partial charge in [-0.1, -0.05) is 124 Å². The quantitative estimate of drug-likeness (QED) is 0.133. The van der Waals surface area contributed by atoms with Gasteiger partial charge >= 0.3 is 12.1 Å². The summed E-state index contributed by atoms with van der Waals surface area (Å²) in [7, 11) is 0. The van der Waals surface area contributed by atoms with Crippen LogP contribution in [0.3, 0.4) is 0 Å². The van der Waals surface area contributed by atoms with Gasteiger partial charge in [0, 0.05) is 0 Å². The molecule has 0 aliphatic carbocycles. The summed E-state index contributed by atoms with van der Waals surface area (Å²) in [5.74, 6) is -0.342. The molecule has 0 saturated heterocycles. The monoisotopic (exact) mass is 455 g/mol. The average Bonchev–Trinajstić information content (AvgIpc) is 2.79. The van der Waals surface area contributed by atoms with Crippen LogP contribution in [0, 0.1) is 5.92 Å². The van der Waals surface area contributed by atoms with Gasteiger partial charge in [0.2, 0.25) is 0 Å². The fourth-order valence-electron chi connectivity index (χ4n) is 3.88. The normalized spacial score (nSPS) is 12.9. The molecule has 0 aromatic carbocycles. The van der Waals surface area contributed by atoms with Crippen LogP contribution in [0.1, 0.15) is 137 Å². The molecule has 0 fully saturated rings. The molecule has 5 heteroatoms. The van der Waals surface area contributed by atoms with E-state index in [0.29, 0.717) is 6.61 Å². The van der Waals surface area contributed by atoms with E-state index in [1.165, 1.54) is 89.9 Å². The number of unbranched alkanes of at least 4 members (excludes halogenated alkanes) is 15. The zero-order valence-corrected chi connectivity index (χ0v) is 21.7. The summed E-state index contributed by atoms with van der Waals surface area (Å²) in [6.45, 7) is 8.66. The molecule has 1 amide bonds. The third-order valence-electron chi connectivity index (χ3n) is 6.26. The van der Waals surface area contributed by atoms with E-state index >= 15 is 0 Å². The second-order valence-electron chi connectivity index (χ2n) is 9.20. The van der Waals surface area contributed by atoms with Gasteiger partial charge in [-0.15, -0.1) is 0 Å². The van der Waals surface area contributed by atoms with Crippen molar-refractivity contribution in [2.24, 2.45) is 5.92 Å². The Morgan fingerprint density at radius 3 is 1.50 bits per heavy atom. The Bertz CT molecular complexity index is 441. The molecule has 5 nitrogen and oxygen atoms in total. The van der Waals surface area contributed by atoms with Crippen LogP contribution in [0.15, 0.2) is 0 Å². The molecular formula is C27H53NO4. The maximum absolute atomic E-state index is 12.4. The molecule has 0 spiro atoms. The number of carbonyl (C=O) groups is 2. The van der Waals surface area contributed by atoms with Gasteiger partial charge in [-0.25, -0.2) is 9.59 Å². The number of amides is 1. The summed E-state index contributed by atoms with van der Waals surface area (Å²) >= 11 is 0. The second kappa shape index (κ2) is 22.9. The first kappa shape index (κ1) is 30.7. The molecule has 0 saturated carbocycles. The van der Waals surface area contributed by atoms with Gasteiger partial charge in [0.15, 0.2) is 0 Å². The smallest absolute Gasteiger partial charge is 0.407 e. The maximum Gasteiger partial charge on any atom is 0.407 e. The van der Waals surface area contributed by atoms with Gasteiger partial charge in [0.1, 0.15) is 6.04 Å². The minimum Gasteiger partial charge on any atom is -0.464 e. The van der Waals surface area contributed by atoms with Crippen LogP contribution in [0.5, 0.6) is 0 Å². The first-order valence-corrected chi connectivity index (χ1v) is 13.7. The molecule has 0 aromatic rings. The van der Waals surface area contributed by atoms with Gasteiger partial charge in [-0.3, -0.25) is 0 Å². The number of hydrogen-bond donors (Lipinski definition) is 1. The molecule has 0 radical (unpaired) electrons. The van der Waals surface area contributed by atoms with E-state index in [-0.39, 0.29) is 18.5 Å². The predicted molar refractivity (Wildman–Crippen MR) is 134 cm³/mol. The second-order valence-corrected chi connectivity index (χ2v) is 9.20. The SMILES string of the molecule is CCCCCCCCCCCCCCCCCCOC(=O)C(NC(=O)OCC)C(C)CC. The van der Waals surface area contributed by atoms with Crippen LogP contribution in [-0.2, 0) is 14.3 Å². The lowest BCUT2D eigenvalue weighted by molar-refractivity contribution is -0.147. The lowest BCUT2D eigenvalue weighted by Gasteiger charge is -2.22. The van der Waals surface area contributed by atoms with Crippen LogP contribution < -0.4 is 5.32 Å². The first-order valence-electron chi connectivity index (χ1n) is 13.7. The zero-order valence-electron chi connectivity index (χ0n) is 21.7. The maximum atomic E-state index is 12.4. The summed E-state index contributed by atoms with van der Waals surface area (Å²) in [4.78, 5) is 24.0. The van der Waals surface area contributed by atoms with E-state index in [9.17, 15) is 9.59 Å². The van der Waals surface area contributed by atoms with E-state index < -0.39 is 12.1 Å². The highest BCUT2D eigenvalue weighted by molar-refractivity contribution is 5.81. The summed E-state index contributed by atoms with van der Waals surface area (Å²) in [6.07, 6.45) is 21.3. The Kier molecular flexibility index (Phi) is 22.0. The van der Waals surface area contributed by atoms with Crippen LogP contribution in [0.4, 0.5) is 4.79 Å². The molecule has 0 aromatic heterocycles. The van der Waals surface area contributed by atoms with Crippen molar-refractivity contribution in [2.45, 2.75) is 143 Å². The van der Waals surface area contributed by atoms with Gasteiger partial charge in [-0.2, -0.15) is 0 Å². The highest BCUT2D eigenvalue weighted by atomic mass is 16.6. The van der Waals surface area contributed by atoms with Gasteiger partial charge < -0.3 is 14.8 Å². The van der Waals surface area contributed by atoms with E-state index in [1.54, 1.807) is 6.92 Å². The van der Waals surface area contributed by atoms with Crippen molar-refractivity contribution in [3.05, 3.63) is 0 Å². The third-order valence-corrected chi connectivity index (χ3v) is 6.26. The molecule has 0 bridgehead atoms. The molecule has 190 valence electrons. The highest BCUT2D eigenvalue weighted by Crippen LogP contribution is 2.14. The molecule has 0 rings (SSSR count). The van der Waals surface area contributed by atoms with Crippen LogP contribution in [-0.4, -0.2) is 31.3 Å². The summed E-state index contributed by atoms with van der Waals surface area (Å²) in [5, 5.41) is 2.64. The van der Waals surface area contributed by atoms with E-state index in [2.05, 4.69) is 12.2 Å². The van der Waals surface area contributed by atoms with Crippen molar-refractivity contribution in [1.29, 1.82) is 0 Å².